The second-order valence-electron chi connectivity index (χ2n) is 4.09. The standard InChI is InChI=1S/C12H19NO/c1-8(2)11-5-9(3)10(4)12(6-11)7-14-13/h5-6,8H,7,13H2,1-4H3. The van der Waals surface area contributed by atoms with Crippen LogP contribution in [0.2, 0.25) is 0 Å². The van der Waals surface area contributed by atoms with Gasteiger partial charge in [0.05, 0.1) is 6.61 Å². The van der Waals surface area contributed by atoms with E-state index in [0.717, 1.165) is 0 Å². The first-order valence-corrected chi connectivity index (χ1v) is 4.98. The third kappa shape index (κ3) is 2.34. The molecule has 2 N–H and O–H groups in total. The van der Waals surface area contributed by atoms with Crippen LogP contribution in [0.25, 0.3) is 0 Å². The van der Waals surface area contributed by atoms with Gasteiger partial charge in [0.25, 0.3) is 0 Å². The Morgan fingerprint density at radius 2 is 1.93 bits per heavy atom. The van der Waals surface area contributed by atoms with Gasteiger partial charge in [0.2, 0.25) is 0 Å². The van der Waals surface area contributed by atoms with Crippen molar-refractivity contribution in [3.05, 3.63) is 34.4 Å². The molecule has 0 aliphatic rings. The van der Waals surface area contributed by atoms with Gasteiger partial charge < -0.3 is 0 Å². The lowest BCUT2D eigenvalue weighted by atomic mass is 9.94. The van der Waals surface area contributed by atoms with Crippen LogP contribution in [0, 0.1) is 13.8 Å². The summed E-state index contributed by atoms with van der Waals surface area (Å²) in [4.78, 5) is 4.70. The summed E-state index contributed by atoms with van der Waals surface area (Å²) in [5.41, 5.74) is 5.12. The summed E-state index contributed by atoms with van der Waals surface area (Å²) >= 11 is 0. The molecule has 14 heavy (non-hydrogen) atoms. The number of aryl methyl sites for hydroxylation is 1. The van der Waals surface area contributed by atoms with E-state index in [2.05, 4.69) is 39.8 Å². The summed E-state index contributed by atoms with van der Waals surface area (Å²) in [5.74, 6) is 5.65. The van der Waals surface area contributed by atoms with Gasteiger partial charge in [-0.05, 0) is 42.0 Å². The van der Waals surface area contributed by atoms with E-state index in [1.807, 2.05) is 0 Å². The molecule has 0 amide bonds. The minimum atomic E-state index is 0.493. The van der Waals surface area contributed by atoms with Crippen molar-refractivity contribution in [1.29, 1.82) is 0 Å². The Labute approximate surface area is 86.0 Å². The first-order chi connectivity index (χ1) is 6.56. The van der Waals surface area contributed by atoms with E-state index in [1.165, 1.54) is 22.3 Å². The van der Waals surface area contributed by atoms with Crippen LogP contribution in [0.5, 0.6) is 0 Å². The highest BCUT2D eigenvalue weighted by molar-refractivity contribution is 5.38. The smallest absolute Gasteiger partial charge is 0.0932 e. The Kier molecular flexibility index (Phi) is 3.67. The summed E-state index contributed by atoms with van der Waals surface area (Å²) in [6.45, 7) is 9.11. The predicted octanol–water partition coefficient (Wildman–Crippen LogP) is 2.82. The van der Waals surface area contributed by atoms with Gasteiger partial charge >= 0.3 is 0 Å². The lowest BCUT2D eigenvalue weighted by Gasteiger charge is -2.13. The summed E-state index contributed by atoms with van der Waals surface area (Å²) in [7, 11) is 0. The van der Waals surface area contributed by atoms with Crippen molar-refractivity contribution >= 4 is 0 Å². The normalized spacial score (nSPS) is 11.0. The molecule has 78 valence electrons. The number of nitrogens with two attached hydrogens (primary N) is 1. The molecule has 0 atom stereocenters. The van der Waals surface area contributed by atoms with Crippen LogP contribution in [0.4, 0.5) is 0 Å². The molecule has 0 heterocycles. The highest BCUT2D eigenvalue weighted by atomic mass is 16.6. The molecule has 0 bridgehead atoms. The maximum Gasteiger partial charge on any atom is 0.0932 e. The first kappa shape index (κ1) is 11.2. The fraction of sp³-hybridized carbons (Fsp3) is 0.500. The van der Waals surface area contributed by atoms with E-state index in [4.69, 9.17) is 10.7 Å². The van der Waals surface area contributed by atoms with E-state index in [1.54, 1.807) is 0 Å². The fourth-order valence-corrected chi connectivity index (χ4v) is 1.54. The SMILES string of the molecule is Cc1cc(C(C)C)cc(CON)c1C. The van der Waals surface area contributed by atoms with Gasteiger partial charge in [-0.15, -0.1) is 0 Å². The minimum Gasteiger partial charge on any atom is -0.300 e. The Morgan fingerprint density at radius 1 is 1.29 bits per heavy atom. The van der Waals surface area contributed by atoms with Crippen molar-refractivity contribution in [3.63, 3.8) is 0 Å². The third-order valence-corrected chi connectivity index (χ3v) is 2.70. The molecule has 0 saturated carbocycles. The predicted molar refractivity (Wildman–Crippen MR) is 59.0 cm³/mol. The summed E-state index contributed by atoms with van der Waals surface area (Å²) in [6.07, 6.45) is 0. The number of hydrogen-bond donors (Lipinski definition) is 1. The van der Waals surface area contributed by atoms with Crippen molar-refractivity contribution in [2.75, 3.05) is 0 Å². The molecule has 0 aromatic heterocycles. The average Bonchev–Trinajstić information content (AvgIpc) is 2.12. The topological polar surface area (TPSA) is 35.2 Å². The van der Waals surface area contributed by atoms with E-state index < -0.39 is 0 Å². The van der Waals surface area contributed by atoms with Crippen molar-refractivity contribution in [1.82, 2.24) is 0 Å². The Hall–Kier alpha value is -0.860. The van der Waals surface area contributed by atoms with Gasteiger partial charge in [0, 0.05) is 0 Å². The summed E-state index contributed by atoms with van der Waals surface area (Å²) in [5, 5.41) is 0. The molecule has 0 fully saturated rings. The summed E-state index contributed by atoms with van der Waals surface area (Å²) in [6, 6.07) is 4.42. The van der Waals surface area contributed by atoms with Crippen molar-refractivity contribution in [2.24, 2.45) is 5.90 Å². The van der Waals surface area contributed by atoms with Crippen LogP contribution in [0.3, 0.4) is 0 Å². The zero-order valence-corrected chi connectivity index (χ0v) is 9.42. The van der Waals surface area contributed by atoms with Crippen LogP contribution in [-0.4, -0.2) is 0 Å². The maximum atomic E-state index is 5.11. The molecule has 0 aliphatic carbocycles. The lowest BCUT2D eigenvalue weighted by Crippen LogP contribution is -2.03. The van der Waals surface area contributed by atoms with Gasteiger partial charge in [-0.1, -0.05) is 26.0 Å². The molecule has 0 spiro atoms. The van der Waals surface area contributed by atoms with Gasteiger partial charge in [-0.2, -0.15) is 0 Å². The molecule has 0 unspecified atom stereocenters. The second-order valence-corrected chi connectivity index (χ2v) is 4.09. The molecular formula is C12H19NO. The van der Waals surface area contributed by atoms with Gasteiger partial charge in [0.1, 0.15) is 0 Å². The monoisotopic (exact) mass is 193 g/mol. The molecule has 1 aromatic rings. The van der Waals surface area contributed by atoms with Crippen molar-refractivity contribution < 1.29 is 4.84 Å². The number of hydrogen-bond acceptors (Lipinski definition) is 2. The first-order valence-electron chi connectivity index (χ1n) is 4.98. The van der Waals surface area contributed by atoms with Gasteiger partial charge in [-0.3, -0.25) is 4.84 Å². The van der Waals surface area contributed by atoms with Crippen LogP contribution in [0.15, 0.2) is 12.1 Å². The molecule has 0 radical (unpaired) electrons. The average molecular weight is 193 g/mol. The molecule has 2 heteroatoms. The zero-order chi connectivity index (χ0) is 10.7. The molecule has 0 aliphatic heterocycles. The summed E-state index contributed by atoms with van der Waals surface area (Å²) < 4.78 is 0. The molecule has 2 nitrogen and oxygen atoms in total. The third-order valence-electron chi connectivity index (χ3n) is 2.70. The van der Waals surface area contributed by atoms with E-state index in [-0.39, 0.29) is 0 Å². The van der Waals surface area contributed by atoms with Crippen LogP contribution in [-0.2, 0) is 11.4 Å². The van der Waals surface area contributed by atoms with E-state index in [0.29, 0.717) is 12.5 Å². The Bertz CT molecular complexity index is 318. The second kappa shape index (κ2) is 4.58. The highest BCUT2D eigenvalue weighted by Gasteiger charge is 2.06. The minimum absolute atomic E-state index is 0.493. The van der Waals surface area contributed by atoms with Crippen LogP contribution < -0.4 is 5.90 Å². The van der Waals surface area contributed by atoms with E-state index >= 15 is 0 Å². The molecule has 1 aromatic carbocycles. The largest absolute Gasteiger partial charge is 0.300 e. The zero-order valence-electron chi connectivity index (χ0n) is 9.42. The molecular weight excluding hydrogens is 174 g/mol. The van der Waals surface area contributed by atoms with Crippen LogP contribution >= 0.6 is 0 Å². The Balaban J connectivity index is 3.14. The maximum absolute atomic E-state index is 5.11. The Morgan fingerprint density at radius 3 is 2.43 bits per heavy atom. The highest BCUT2D eigenvalue weighted by Crippen LogP contribution is 2.22. The van der Waals surface area contributed by atoms with Gasteiger partial charge in [0.15, 0.2) is 0 Å². The van der Waals surface area contributed by atoms with Crippen LogP contribution in [0.1, 0.15) is 42.0 Å². The quantitative estimate of drug-likeness (QED) is 0.749. The molecule has 0 saturated heterocycles. The number of benzene rings is 1. The number of rotatable bonds is 3. The van der Waals surface area contributed by atoms with Crippen molar-refractivity contribution in [3.8, 4) is 0 Å². The van der Waals surface area contributed by atoms with E-state index in [9.17, 15) is 0 Å². The lowest BCUT2D eigenvalue weighted by molar-refractivity contribution is 0.123. The van der Waals surface area contributed by atoms with Crippen molar-refractivity contribution in [2.45, 2.75) is 40.2 Å². The molecule has 1 rings (SSSR count). The fourth-order valence-electron chi connectivity index (χ4n) is 1.54. The van der Waals surface area contributed by atoms with Gasteiger partial charge in [-0.25, -0.2) is 5.90 Å².